The smallest absolute Gasteiger partial charge is 0.337 e. The third-order valence-corrected chi connectivity index (χ3v) is 3.29. The number of ether oxygens (including phenoxy) is 4. The van der Waals surface area contributed by atoms with Crippen molar-refractivity contribution in [1.29, 1.82) is 0 Å². The molecule has 0 saturated carbocycles. The van der Waals surface area contributed by atoms with Gasteiger partial charge in [-0.15, -0.1) is 0 Å². The SMILES string of the molecule is COC(=O)c1ccc(-c2cc(OC)cc(OC)c2)c(OC)c1. The number of hydrogen-bond acceptors (Lipinski definition) is 5. The van der Waals surface area contributed by atoms with Gasteiger partial charge < -0.3 is 18.9 Å². The fourth-order valence-electron chi connectivity index (χ4n) is 2.14. The third-order valence-electron chi connectivity index (χ3n) is 3.29. The van der Waals surface area contributed by atoms with Crippen LogP contribution < -0.4 is 14.2 Å². The fourth-order valence-corrected chi connectivity index (χ4v) is 2.14. The van der Waals surface area contributed by atoms with Gasteiger partial charge in [-0.2, -0.15) is 0 Å². The molecule has 5 heteroatoms. The number of rotatable bonds is 5. The molecule has 2 aromatic rings. The molecule has 0 aromatic heterocycles. The first-order chi connectivity index (χ1) is 10.6. The van der Waals surface area contributed by atoms with Crippen molar-refractivity contribution < 1.29 is 23.7 Å². The van der Waals surface area contributed by atoms with Crippen molar-refractivity contribution in [2.45, 2.75) is 0 Å². The van der Waals surface area contributed by atoms with Gasteiger partial charge in [0.15, 0.2) is 0 Å². The number of carbonyl (C=O) groups is 1. The van der Waals surface area contributed by atoms with Crippen molar-refractivity contribution in [2.24, 2.45) is 0 Å². The van der Waals surface area contributed by atoms with E-state index in [1.165, 1.54) is 7.11 Å². The average molecular weight is 302 g/mol. The highest BCUT2D eigenvalue weighted by molar-refractivity contribution is 5.91. The van der Waals surface area contributed by atoms with E-state index in [0.717, 1.165) is 11.1 Å². The van der Waals surface area contributed by atoms with E-state index in [1.807, 2.05) is 12.1 Å². The van der Waals surface area contributed by atoms with E-state index in [0.29, 0.717) is 22.8 Å². The van der Waals surface area contributed by atoms with Crippen molar-refractivity contribution in [2.75, 3.05) is 28.4 Å². The van der Waals surface area contributed by atoms with Gasteiger partial charge in [-0.05, 0) is 35.9 Å². The van der Waals surface area contributed by atoms with Gasteiger partial charge in [0.1, 0.15) is 17.2 Å². The Kier molecular flexibility index (Phi) is 4.88. The average Bonchev–Trinajstić information content (AvgIpc) is 2.59. The lowest BCUT2D eigenvalue weighted by molar-refractivity contribution is 0.0600. The van der Waals surface area contributed by atoms with Crippen molar-refractivity contribution in [3.05, 3.63) is 42.0 Å². The van der Waals surface area contributed by atoms with E-state index < -0.39 is 5.97 Å². The molecule has 0 aliphatic carbocycles. The highest BCUT2D eigenvalue weighted by Crippen LogP contribution is 2.35. The van der Waals surface area contributed by atoms with Crippen LogP contribution in [-0.2, 0) is 4.74 Å². The summed E-state index contributed by atoms with van der Waals surface area (Å²) in [5, 5.41) is 0. The molecule has 0 aliphatic heterocycles. The van der Waals surface area contributed by atoms with Crippen LogP contribution in [0.15, 0.2) is 36.4 Å². The first-order valence-corrected chi connectivity index (χ1v) is 6.62. The zero-order valence-corrected chi connectivity index (χ0v) is 13.0. The van der Waals surface area contributed by atoms with Gasteiger partial charge in [-0.25, -0.2) is 4.79 Å². The maximum Gasteiger partial charge on any atom is 0.337 e. The van der Waals surface area contributed by atoms with Gasteiger partial charge in [-0.3, -0.25) is 0 Å². The highest BCUT2D eigenvalue weighted by Gasteiger charge is 2.13. The number of esters is 1. The normalized spacial score (nSPS) is 10.0. The lowest BCUT2D eigenvalue weighted by atomic mass is 10.0. The maximum absolute atomic E-state index is 11.6. The molecule has 5 nitrogen and oxygen atoms in total. The second-order valence-corrected chi connectivity index (χ2v) is 4.51. The van der Waals surface area contributed by atoms with E-state index >= 15 is 0 Å². The second-order valence-electron chi connectivity index (χ2n) is 4.51. The molecule has 2 rings (SSSR count). The molecule has 0 heterocycles. The molecule has 0 spiro atoms. The lowest BCUT2D eigenvalue weighted by Crippen LogP contribution is -2.02. The lowest BCUT2D eigenvalue weighted by Gasteiger charge is -2.13. The summed E-state index contributed by atoms with van der Waals surface area (Å²) in [4.78, 5) is 11.6. The predicted octanol–water partition coefficient (Wildman–Crippen LogP) is 3.17. The molecule has 0 amide bonds. The Morgan fingerprint density at radius 1 is 0.818 bits per heavy atom. The molecule has 0 N–H and O–H groups in total. The van der Waals surface area contributed by atoms with Crippen LogP contribution in [0.4, 0.5) is 0 Å². The standard InChI is InChI=1S/C17H18O5/c1-19-13-7-12(8-14(10-13)20-2)15-6-5-11(17(18)22-4)9-16(15)21-3/h5-10H,1-4H3. The van der Waals surface area contributed by atoms with E-state index in [9.17, 15) is 4.79 Å². The van der Waals surface area contributed by atoms with Crippen LogP contribution in [0.5, 0.6) is 17.2 Å². The summed E-state index contributed by atoms with van der Waals surface area (Å²) in [7, 11) is 6.08. The zero-order valence-electron chi connectivity index (χ0n) is 13.0. The summed E-state index contributed by atoms with van der Waals surface area (Å²) in [6, 6.07) is 10.7. The molecular formula is C17H18O5. The second kappa shape index (κ2) is 6.85. The molecule has 0 radical (unpaired) electrons. The van der Waals surface area contributed by atoms with E-state index in [1.54, 1.807) is 45.6 Å². The Bertz CT molecular complexity index is 656. The van der Waals surface area contributed by atoms with Crippen LogP contribution >= 0.6 is 0 Å². The highest BCUT2D eigenvalue weighted by atomic mass is 16.5. The molecule has 0 saturated heterocycles. The minimum absolute atomic E-state index is 0.409. The van der Waals surface area contributed by atoms with Crippen LogP contribution in [0, 0.1) is 0 Å². The molecule has 0 unspecified atom stereocenters. The van der Waals surface area contributed by atoms with Gasteiger partial charge in [0, 0.05) is 11.6 Å². The quantitative estimate of drug-likeness (QED) is 0.794. The summed E-state index contributed by atoms with van der Waals surface area (Å²) >= 11 is 0. The molecule has 116 valence electrons. The molecule has 2 aromatic carbocycles. The van der Waals surface area contributed by atoms with Gasteiger partial charge in [0.05, 0.1) is 34.0 Å². The first-order valence-electron chi connectivity index (χ1n) is 6.62. The Labute approximate surface area is 129 Å². The van der Waals surface area contributed by atoms with Crippen LogP contribution in [0.2, 0.25) is 0 Å². The van der Waals surface area contributed by atoms with Gasteiger partial charge in [-0.1, -0.05) is 0 Å². The van der Waals surface area contributed by atoms with E-state index in [2.05, 4.69) is 0 Å². The summed E-state index contributed by atoms with van der Waals surface area (Å²) in [6.45, 7) is 0. The topological polar surface area (TPSA) is 54.0 Å². The zero-order chi connectivity index (χ0) is 16.1. The van der Waals surface area contributed by atoms with E-state index in [4.69, 9.17) is 18.9 Å². The Balaban J connectivity index is 2.54. The summed E-state index contributed by atoms with van der Waals surface area (Å²) in [5.74, 6) is 1.51. The Hall–Kier alpha value is -2.69. The Morgan fingerprint density at radius 2 is 1.45 bits per heavy atom. The molecule has 0 fully saturated rings. The van der Waals surface area contributed by atoms with Crippen molar-refractivity contribution in [1.82, 2.24) is 0 Å². The molecular weight excluding hydrogens is 284 g/mol. The minimum Gasteiger partial charge on any atom is -0.497 e. The Morgan fingerprint density at radius 3 is 1.95 bits per heavy atom. The number of hydrogen-bond donors (Lipinski definition) is 0. The minimum atomic E-state index is -0.409. The summed E-state index contributed by atoms with van der Waals surface area (Å²) in [6.07, 6.45) is 0. The van der Waals surface area contributed by atoms with Crippen molar-refractivity contribution in [3.63, 3.8) is 0 Å². The monoisotopic (exact) mass is 302 g/mol. The van der Waals surface area contributed by atoms with Gasteiger partial charge in [0.2, 0.25) is 0 Å². The maximum atomic E-state index is 11.6. The van der Waals surface area contributed by atoms with Gasteiger partial charge >= 0.3 is 5.97 Å². The molecule has 22 heavy (non-hydrogen) atoms. The summed E-state index contributed by atoms with van der Waals surface area (Å²) in [5.41, 5.74) is 2.12. The molecule has 0 aliphatic rings. The van der Waals surface area contributed by atoms with Crippen molar-refractivity contribution >= 4 is 5.97 Å². The van der Waals surface area contributed by atoms with Crippen LogP contribution in [-0.4, -0.2) is 34.4 Å². The molecule has 0 bridgehead atoms. The number of carbonyl (C=O) groups excluding carboxylic acids is 1. The van der Waals surface area contributed by atoms with E-state index in [-0.39, 0.29) is 0 Å². The number of benzene rings is 2. The fraction of sp³-hybridized carbons (Fsp3) is 0.235. The van der Waals surface area contributed by atoms with Crippen LogP contribution in [0.1, 0.15) is 10.4 Å². The third kappa shape index (κ3) is 3.14. The largest absolute Gasteiger partial charge is 0.497 e. The summed E-state index contributed by atoms with van der Waals surface area (Å²) < 4.78 is 20.7. The van der Waals surface area contributed by atoms with Crippen molar-refractivity contribution in [3.8, 4) is 28.4 Å². The van der Waals surface area contributed by atoms with Crippen LogP contribution in [0.3, 0.4) is 0 Å². The first kappa shape index (κ1) is 15.7. The number of methoxy groups -OCH3 is 4. The van der Waals surface area contributed by atoms with Gasteiger partial charge in [0.25, 0.3) is 0 Å². The predicted molar refractivity (Wildman–Crippen MR) is 82.9 cm³/mol. The molecule has 0 atom stereocenters. The van der Waals surface area contributed by atoms with Crippen LogP contribution in [0.25, 0.3) is 11.1 Å².